The first-order valence-corrected chi connectivity index (χ1v) is 8.45. The van der Waals surface area contributed by atoms with Gasteiger partial charge in [0.15, 0.2) is 0 Å². The zero-order valence-electron chi connectivity index (χ0n) is 12.6. The smallest absolute Gasteiger partial charge is 0.0418 e. The Bertz CT molecular complexity index is 534. The number of aromatic nitrogens is 1. The fraction of sp³-hybridized carbons (Fsp3) is 0.471. The van der Waals surface area contributed by atoms with E-state index in [1.807, 2.05) is 24.2 Å². The van der Waals surface area contributed by atoms with E-state index < -0.39 is 0 Å². The van der Waals surface area contributed by atoms with Gasteiger partial charge in [-0.1, -0.05) is 39.0 Å². The highest BCUT2D eigenvalue weighted by molar-refractivity contribution is 7.99. The SMILES string of the molecule is CCCNC(CSC(C)C)c1cccc2cnccc12. The molecule has 108 valence electrons. The average molecular weight is 288 g/mol. The zero-order chi connectivity index (χ0) is 14.4. The zero-order valence-corrected chi connectivity index (χ0v) is 13.4. The summed E-state index contributed by atoms with van der Waals surface area (Å²) in [7, 11) is 0. The lowest BCUT2D eigenvalue weighted by Gasteiger charge is -2.21. The molecule has 0 aliphatic heterocycles. The Labute approximate surface area is 126 Å². The molecule has 1 atom stereocenters. The monoisotopic (exact) mass is 288 g/mol. The van der Waals surface area contributed by atoms with Gasteiger partial charge in [0.1, 0.15) is 0 Å². The van der Waals surface area contributed by atoms with Crippen LogP contribution in [0.4, 0.5) is 0 Å². The summed E-state index contributed by atoms with van der Waals surface area (Å²) in [5.74, 6) is 1.11. The second-order valence-electron chi connectivity index (χ2n) is 5.33. The number of hydrogen-bond donors (Lipinski definition) is 1. The maximum absolute atomic E-state index is 4.22. The van der Waals surface area contributed by atoms with Crippen LogP contribution >= 0.6 is 11.8 Å². The number of thioether (sulfide) groups is 1. The van der Waals surface area contributed by atoms with Crippen molar-refractivity contribution >= 4 is 22.5 Å². The van der Waals surface area contributed by atoms with Crippen molar-refractivity contribution in [2.24, 2.45) is 0 Å². The van der Waals surface area contributed by atoms with Crippen LogP contribution in [0.2, 0.25) is 0 Å². The molecule has 2 aromatic rings. The molecule has 0 saturated heterocycles. The van der Waals surface area contributed by atoms with E-state index in [0.717, 1.165) is 18.7 Å². The molecule has 0 aliphatic rings. The molecule has 2 rings (SSSR count). The first-order valence-electron chi connectivity index (χ1n) is 7.40. The fourth-order valence-electron chi connectivity index (χ4n) is 2.32. The Hall–Kier alpha value is -1.06. The Morgan fingerprint density at radius 1 is 1.25 bits per heavy atom. The van der Waals surface area contributed by atoms with Crippen LogP contribution in [0.15, 0.2) is 36.7 Å². The number of benzene rings is 1. The number of pyridine rings is 1. The van der Waals surface area contributed by atoms with E-state index in [4.69, 9.17) is 0 Å². The van der Waals surface area contributed by atoms with Crippen LogP contribution in [-0.4, -0.2) is 22.5 Å². The second kappa shape index (κ2) is 7.65. The topological polar surface area (TPSA) is 24.9 Å². The Kier molecular flexibility index (Phi) is 5.86. The normalized spacial score (nSPS) is 13.0. The van der Waals surface area contributed by atoms with Gasteiger partial charge in [-0.3, -0.25) is 4.98 Å². The van der Waals surface area contributed by atoms with Gasteiger partial charge in [0.2, 0.25) is 0 Å². The minimum absolute atomic E-state index is 0.411. The molecule has 0 bridgehead atoms. The van der Waals surface area contributed by atoms with E-state index in [1.54, 1.807) is 0 Å². The number of nitrogens with one attached hydrogen (secondary N) is 1. The number of fused-ring (bicyclic) bond motifs is 1. The number of hydrogen-bond acceptors (Lipinski definition) is 3. The van der Waals surface area contributed by atoms with Crippen molar-refractivity contribution < 1.29 is 0 Å². The largest absolute Gasteiger partial charge is 0.309 e. The highest BCUT2D eigenvalue weighted by atomic mass is 32.2. The van der Waals surface area contributed by atoms with Crippen molar-refractivity contribution in [1.29, 1.82) is 0 Å². The van der Waals surface area contributed by atoms with Crippen molar-refractivity contribution in [2.45, 2.75) is 38.5 Å². The third-order valence-corrected chi connectivity index (χ3v) is 4.52. The fourth-order valence-corrected chi connectivity index (χ4v) is 3.19. The summed E-state index contributed by atoms with van der Waals surface area (Å²) in [4.78, 5) is 4.22. The minimum Gasteiger partial charge on any atom is -0.309 e. The van der Waals surface area contributed by atoms with Crippen LogP contribution in [0.3, 0.4) is 0 Å². The van der Waals surface area contributed by atoms with E-state index in [0.29, 0.717) is 11.3 Å². The lowest BCUT2D eigenvalue weighted by molar-refractivity contribution is 0.580. The molecule has 1 aromatic heterocycles. The van der Waals surface area contributed by atoms with Crippen LogP contribution in [-0.2, 0) is 0 Å². The maximum Gasteiger partial charge on any atom is 0.0418 e. The first-order chi connectivity index (χ1) is 9.72. The first kappa shape index (κ1) is 15.3. The summed E-state index contributed by atoms with van der Waals surface area (Å²) < 4.78 is 0. The third-order valence-electron chi connectivity index (χ3n) is 3.33. The maximum atomic E-state index is 4.22. The summed E-state index contributed by atoms with van der Waals surface area (Å²) >= 11 is 2.02. The Morgan fingerprint density at radius 3 is 2.85 bits per heavy atom. The molecule has 0 radical (unpaired) electrons. The van der Waals surface area contributed by atoms with Crippen LogP contribution in [0.25, 0.3) is 10.8 Å². The van der Waals surface area contributed by atoms with Crippen LogP contribution in [0, 0.1) is 0 Å². The summed E-state index contributed by atoms with van der Waals surface area (Å²) in [6.45, 7) is 7.79. The standard InChI is InChI=1S/C17H24N2S/c1-4-9-19-17(12-20-13(2)3)16-7-5-6-14-11-18-10-8-15(14)16/h5-8,10-11,13,17,19H,4,9,12H2,1-3H3. The van der Waals surface area contributed by atoms with E-state index in [2.05, 4.69) is 55.3 Å². The van der Waals surface area contributed by atoms with Gasteiger partial charge in [-0.05, 0) is 35.2 Å². The van der Waals surface area contributed by atoms with Gasteiger partial charge in [0, 0.05) is 29.6 Å². The number of rotatable bonds is 7. The highest BCUT2D eigenvalue weighted by Crippen LogP contribution is 2.27. The summed E-state index contributed by atoms with van der Waals surface area (Å²) in [6, 6.07) is 9.06. The molecule has 0 aliphatic carbocycles. The van der Waals surface area contributed by atoms with E-state index in [9.17, 15) is 0 Å². The predicted octanol–water partition coefficient (Wildman–Crippen LogP) is 4.42. The Balaban J connectivity index is 2.29. The van der Waals surface area contributed by atoms with Gasteiger partial charge < -0.3 is 5.32 Å². The van der Waals surface area contributed by atoms with Gasteiger partial charge in [-0.25, -0.2) is 0 Å². The van der Waals surface area contributed by atoms with Crippen LogP contribution in [0.5, 0.6) is 0 Å². The molecule has 1 unspecified atom stereocenters. The van der Waals surface area contributed by atoms with Gasteiger partial charge in [-0.2, -0.15) is 11.8 Å². The molecule has 0 saturated carbocycles. The lowest BCUT2D eigenvalue weighted by atomic mass is 10.0. The van der Waals surface area contributed by atoms with E-state index in [-0.39, 0.29) is 0 Å². The summed E-state index contributed by atoms with van der Waals surface area (Å²) in [5.41, 5.74) is 1.39. The molecule has 3 heteroatoms. The highest BCUT2D eigenvalue weighted by Gasteiger charge is 2.14. The van der Waals surface area contributed by atoms with Gasteiger partial charge in [0.05, 0.1) is 0 Å². The summed E-state index contributed by atoms with van der Waals surface area (Å²) in [6.07, 6.45) is 5.00. The second-order valence-corrected chi connectivity index (χ2v) is 6.94. The van der Waals surface area contributed by atoms with E-state index in [1.165, 1.54) is 16.3 Å². The minimum atomic E-state index is 0.411. The molecule has 20 heavy (non-hydrogen) atoms. The molecule has 0 spiro atoms. The third kappa shape index (κ3) is 3.97. The van der Waals surface area contributed by atoms with Crippen molar-refractivity contribution in [2.75, 3.05) is 12.3 Å². The van der Waals surface area contributed by atoms with Crippen LogP contribution < -0.4 is 5.32 Å². The molecular formula is C17H24N2S. The molecule has 1 heterocycles. The van der Waals surface area contributed by atoms with Crippen molar-refractivity contribution in [3.05, 3.63) is 42.2 Å². The van der Waals surface area contributed by atoms with E-state index >= 15 is 0 Å². The molecule has 2 nitrogen and oxygen atoms in total. The van der Waals surface area contributed by atoms with Crippen molar-refractivity contribution in [1.82, 2.24) is 10.3 Å². The predicted molar refractivity (Wildman–Crippen MR) is 90.4 cm³/mol. The lowest BCUT2D eigenvalue weighted by Crippen LogP contribution is -2.24. The molecule has 0 amide bonds. The molecule has 0 fully saturated rings. The van der Waals surface area contributed by atoms with Gasteiger partial charge in [-0.15, -0.1) is 0 Å². The van der Waals surface area contributed by atoms with Crippen molar-refractivity contribution in [3.8, 4) is 0 Å². The van der Waals surface area contributed by atoms with Gasteiger partial charge in [0.25, 0.3) is 0 Å². The molecule has 1 aromatic carbocycles. The quantitative estimate of drug-likeness (QED) is 0.816. The molecule has 1 N–H and O–H groups in total. The van der Waals surface area contributed by atoms with Crippen LogP contribution in [0.1, 0.15) is 38.8 Å². The van der Waals surface area contributed by atoms with Crippen molar-refractivity contribution in [3.63, 3.8) is 0 Å². The Morgan fingerprint density at radius 2 is 2.10 bits per heavy atom. The number of nitrogens with zero attached hydrogens (tertiary/aromatic N) is 1. The van der Waals surface area contributed by atoms with Gasteiger partial charge >= 0.3 is 0 Å². The average Bonchev–Trinajstić information content (AvgIpc) is 2.47. The molecular weight excluding hydrogens is 264 g/mol. The summed E-state index contributed by atoms with van der Waals surface area (Å²) in [5, 5.41) is 6.90.